The molecule has 0 bridgehead atoms. The molecule has 1 aromatic heterocycles. The van der Waals surface area contributed by atoms with Gasteiger partial charge in [-0.1, -0.05) is 11.8 Å². The van der Waals surface area contributed by atoms with Crippen molar-refractivity contribution >= 4 is 23.4 Å². The van der Waals surface area contributed by atoms with Crippen LogP contribution in [0.1, 0.15) is 6.92 Å². The van der Waals surface area contributed by atoms with Crippen molar-refractivity contribution in [3.8, 4) is 22.8 Å². The van der Waals surface area contributed by atoms with E-state index < -0.39 is 6.36 Å². The van der Waals surface area contributed by atoms with E-state index in [-0.39, 0.29) is 17.4 Å². The summed E-state index contributed by atoms with van der Waals surface area (Å²) >= 11 is 1.19. The number of aromatic nitrogens is 2. The number of benzene rings is 2. The number of halogens is 3. The molecule has 1 heterocycles. The zero-order valence-electron chi connectivity index (χ0n) is 16.3. The van der Waals surface area contributed by atoms with E-state index in [0.29, 0.717) is 23.0 Å². The standard InChI is InChI=1S/C21H18F3N3O3S/c1-2-29-16-7-3-14(4-8-16)18-11-12-20(27-26-18)31-13-19(28)25-15-5-9-17(10-6-15)30-21(22,23)24/h3-12H,2,13H2,1H3,(H,25,28). The average Bonchev–Trinajstić information content (AvgIpc) is 2.74. The van der Waals surface area contributed by atoms with E-state index in [0.717, 1.165) is 23.4 Å². The summed E-state index contributed by atoms with van der Waals surface area (Å²) in [6, 6.07) is 16.0. The van der Waals surface area contributed by atoms with Gasteiger partial charge in [0.15, 0.2) is 0 Å². The van der Waals surface area contributed by atoms with Crippen LogP contribution in [0.4, 0.5) is 18.9 Å². The maximum absolute atomic E-state index is 12.2. The normalized spacial score (nSPS) is 11.1. The predicted octanol–water partition coefficient (Wildman–Crippen LogP) is 5.17. The molecule has 0 aliphatic carbocycles. The minimum absolute atomic E-state index is 0.0673. The molecule has 0 unspecified atom stereocenters. The van der Waals surface area contributed by atoms with Crippen LogP contribution in [0.15, 0.2) is 65.7 Å². The first kappa shape index (κ1) is 22.4. The largest absolute Gasteiger partial charge is 0.573 e. The first-order valence-electron chi connectivity index (χ1n) is 9.18. The number of carbonyl (C=O) groups excluding carboxylic acids is 1. The van der Waals surface area contributed by atoms with Crippen LogP contribution in [0.2, 0.25) is 0 Å². The lowest BCUT2D eigenvalue weighted by Gasteiger charge is -2.10. The highest BCUT2D eigenvalue weighted by molar-refractivity contribution is 7.99. The molecule has 162 valence electrons. The van der Waals surface area contributed by atoms with Crippen molar-refractivity contribution in [2.24, 2.45) is 0 Å². The third-order valence-electron chi connectivity index (χ3n) is 3.82. The monoisotopic (exact) mass is 449 g/mol. The van der Waals surface area contributed by atoms with Crippen LogP contribution in [0.5, 0.6) is 11.5 Å². The predicted molar refractivity (Wildman–Crippen MR) is 111 cm³/mol. The minimum Gasteiger partial charge on any atom is -0.494 e. The Labute approximate surface area is 180 Å². The number of ether oxygens (including phenoxy) is 2. The lowest BCUT2D eigenvalue weighted by molar-refractivity contribution is -0.274. The van der Waals surface area contributed by atoms with Crippen LogP contribution < -0.4 is 14.8 Å². The molecule has 0 aliphatic heterocycles. The lowest BCUT2D eigenvalue weighted by atomic mass is 10.1. The molecule has 3 rings (SSSR count). The topological polar surface area (TPSA) is 73.3 Å². The molecule has 0 aliphatic rings. The lowest BCUT2D eigenvalue weighted by Crippen LogP contribution is -2.17. The fourth-order valence-corrected chi connectivity index (χ4v) is 3.13. The molecule has 0 saturated heterocycles. The van der Waals surface area contributed by atoms with E-state index in [1.165, 1.54) is 23.9 Å². The van der Waals surface area contributed by atoms with Gasteiger partial charge in [-0.3, -0.25) is 4.79 Å². The molecule has 3 aromatic rings. The van der Waals surface area contributed by atoms with Gasteiger partial charge in [-0.15, -0.1) is 23.4 Å². The maximum Gasteiger partial charge on any atom is 0.573 e. The van der Waals surface area contributed by atoms with Gasteiger partial charge in [0.2, 0.25) is 5.91 Å². The molecular formula is C21H18F3N3O3S. The second kappa shape index (κ2) is 10.2. The Morgan fingerprint density at radius 2 is 1.65 bits per heavy atom. The molecule has 31 heavy (non-hydrogen) atoms. The summed E-state index contributed by atoms with van der Waals surface area (Å²) in [5, 5.41) is 11.5. The van der Waals surface area contributed by atoms with Crippen LogP contribution >= 0.6 is 11.8 Å². The molecule has 6 nitrogen and oxygen atoms in total. The fraction of sp³-hybridized carbons (Fsp3) is 0.190. The van der Waals surface area contributed by atoms with Gasteiger partial charge in [0.25, 0.3) is 0 Å². The summed E-state index contributed by atoms with van der Waals surface area (Å²) in [7, 11) is 0. The van der Waals surface area contributed by atoms with Gasteiger partial charge >= 0.3 is 6.36 Å². The van der Waals surface area contributed by atoms with Crippen LogP contribution in [0, 0.1) is 0 Å². The maximum atomic E-state index is 12.2. The number of carbonyl (C=O) groups is 1. The number of nitrogens with one attached hydrogen (secondary N) is 1. The van der Waals surface area contributed by atoms with E-state index in [1.54, 1.807) is 6.07 Å². The van der Waals surface area contributed by atoms with Gasteiger partial charge in [0, 0.05) is 11.3 Å². The average molecular weight is 449 g/mol. The van der Waals surface area contributed by atoms with Gasteiger partial charge in [0.05, 0.1) is 18.1 Å². The van der Waals surface area contributed by atoms with Gasteiger partial charge in [-0.25, -0.2) is 0 Å². The van der Waals surface area contributed by atoms with Crippen molar-refractivity contribution in [1.82, 2.24) is 10.2 Å². The Morgan fingerprint density at radius 1 is 0.968 bits per heavy atom. The Morgan fingerprint density at radius 3 is 2.23 bits per heavy atom. The molecule has 0 saturated carbocycles. The summed E-state index contributed by atoms with van der Waals surface area (Å²) in [6.07, 6.45) is -4.76. The molecular weight excluding hydrogens is 431 g/mol. The Bertz CT molecular complexity index is 996. The summed E-state index contributed by atoms with van der Waals surface area (Å²) in [6.45, 7) is 2.51. The van der Waals surface area contributed by atoms with Crippen LogP contribution in [-0.2, 0) is 4.79 Å². The fourth-order valence-electron chi connectivity index (χ4n) is 2.52. The van der Waals surface area contributed by atoms with E-state index in [4.69, 9.17) is 4.74 Å². The van der Waals surface area contributed by atoms with Gasteiger partial charge < -0.3 is 14.8 Å². The first-order valence-corrected chi connectivity index (χ1v) is 10.2. The molecule has 2 aromatic carbocycles. The van der Waals surface area contributed by atoms with E-state index >= 15 is 0 Å². The van der Waals surface area contributed by atoms with Gasteiger partial charge in [-0.05, 0) is 67.6 Å². The van der Waals surface area contributed by atoms with Crippen molar-refractivity contribution in [2.75, 3.05) is 17.7 Å². The zero-order chi connectivity index (χ0) is 22.3. The van der Waals surface area contributed by atoms with E-state index in [9.17, 15) is 18.0 Å². The summed E-state index contributed by atoms with van der Waals surface area (Å²) in [5.74, 6) is 0.160. The number of thioether (sulfide) groups is 1. The smallest absolute Gasteiger partial charge is 0.494 e. The molecule has 1 N–H and O–H groups in total. The summed E-state index contributed by atoms with van der Waals surface area (Å²) < 4.78 is 45.7. The number of nitrogens with zero attached hydrogens (tertiary/aromatic N) is 2. The number of amides is 1. The van der Waals surface area contributed by atoms with E-state index in [2.05, 4.69) is 20.3 Å². The van der Waals surface area contributed by atoms with E-state index in [1.807, 2.05) is 37.3 Å². The summed E-state index contributed by atoms with van der Waals surface area (Å²) in [5.41, 5.74) is 1.94. The Kier molecular flexibility index (Phi) is 7.35. The van der Waals surface area contributed by atoms with Crippen LogP contribution in [0.3, 0.4) is 0 Å². The third-order valence-corrected chi connectivity index (χ3v) is 4.74. The quantitative estimate of drug-likeness (QED) is 0.478. The van der Waals surface area contributed by atoms with Crippen molar-refractivity contribution < 1.29 is 27.4 Å². The molecule has 1 amide bonds. The molecule has 0 spiro atoms. The molecule has 10 heteroatoms. The van der Waals surface area contributed by atoms with Gasteiger partial charge in [-0.2, -0.15) is 0 Å². The van der Waals surface area contributed by atoms with Crippen molar-refractivity contribution in [3.63, 3.8) is 0 Å². The second-order valence-electron chi connectivity index (χ2n) is 6.12. The highest BCUT2D eigenvalue weighted by Gasteiger charge is 2.30. The van der Waals surface area contributed by atoms with Gasteiger partial charge in [0.1, 0.15) is 16.5 Å². The number of hydrogen-bond acceptors (Lipinski definition) is 6. The minimum atomic E-state index is -4.76. The SMILES string of the molecule is CCOc1ccc(-c2ccc(SCC(=O)Nc3ccc(OC(F)(F)F)cc3)nn2)cc1. The van der Waals surface area contributed by atoms with Crippen molar-refractivity contribution in [3.05, 3.63) is 60.7 Å². The van der Waals surface area contributed by atoms with Crippen molar-refractivity contribution in [1.29, 1.82) is 0 Å². The third kappa shape index (κ3) is 7.18. The molecule has 0 fully saturated rings. The highest BCUT2D eigenvalue weighted by atomic mass is 32.2. The second-order valence-corrected chi connectivity index (χ2v) is 7.12. The number of alkyl halides is 3. The number of rotatable bonds is 8. The zero-order valence-corrected chi connectivity index (χ0v) is 17.2. The van der Waals surface area contributed by atoms with Crippen LogP contribution in [0.25, 0.3) is 11.3 Å². The number of hydrogen-bond donors (Lipinski definition) is 1. The molecule has 0 radical (unpaired) electrons. The first-order chi connectivity index (χ1) is 14.8. The number of anilines is 1. The Balaban J connectivity index is 1.50. The van der Waals surface area contributed by atoms with Crippen LogP contribution in [-0.4, -0.2) is 34.8 Å². The highest BCUT2D eigenvalue weighted by Crippen LogP contribution is 2.25. The summed E-state index contributed by atoms with van der Waals surface area (Å²) in [4.78, 5) is 12.1. The van der Waals surface area contributed by atoms with Crippen molar-refractivity contribution in [2.45, 2.75) is 18.3 Å². The Hall–Kier alpha value is -3.27. The molecule has 0 atom stereocenters.